The molecular formula is C10H18BrNO2. The summed E-state index contributed by atoms with van der Waals surface area (Å²) in [5, 5.41) is 0. The molecule has 3 nitrogen and oxygen atoms in total. The molecule has 1 heterocycles. The minimum Gasteiger partial charge on any atom is -0.384 e. The Bertz CT molecular complexity index is 213. The first-order valence-corrected chi connectivity index (χ1v) is 5.71. The number of nitrogens with zero attached hydrogens (tertiary/aromatic N) is 1. The molecule has 0 spiro atoms. The Morgan fingerprint density at radius 3 is 2.79 bits per heavy atom. The molecule has 1 unspecified atom stereocenters. The zero-order valence-corrected chi connectivity index (χ0v) is 10.6. The Balaban J connectivity index is 2.46. The van der Waals surface area contributed by atoms with Gasteiger partial charge in [0.25, 0.3) is 0 Å². The van der Waals surface area contributed by atoms with Crippen molar-refractivity contribution < 1.29 is 9.53 Å². The molecule has 0 saturated carbocycles. The number of ether oxygens (including phenoxy) is 1. The van der Waals surface area contributed by atoms with Crippen molar-refractivity contribution in [3.8, 4) is 0 Å². The monoisotopic (exact) mass is 263 g/mol. The van der Waals surface area contributed by atoms with Crippen LogP contribution in [0.15, 0.2) is 0 Å². The summed E-state index contributed by atoms with van der Waals surface area (Å²) >= 11 is 3.39. The molecule has 0 bridgehead atoms. The molecule has 14 heavy (non-hydrogen) atoms. The maximum Gasteiger partial charge on any atom is 0.238 e. The molecule has 1 aliphatic rings. The van der Waals surface area contributed by atoms with Crippen molar-refractivity contribution in [1.29, 1.82) is 0 Å². The van der Waals surface area contributed by atoms with Gasteiger partial charge in [0, 0.05) is 26.1 Å². The Kier molecular flexibility index (Phi) is 3.95. The van der Waals surface area contributed by atoms with Crippen molar-refractivity contribution in [1.82, 2.24) is 4.90 Å². The van der Waals surface area contributed by atoms with Crippen LogP contribution in [0.3, 0.4) is 0 Å². The van der Waals surface area contributed by atoms with Gasteiger partial charge in [-0.25, -0.2) is 0 Å². The van der Waals surface area contributed by atoms with Gasteiger partial charge in [-0.2, -0.15) is 0 Å². The van der Waals surface area contributed by atoms with Crippen molar-refractivity contribution in [2.24, 2.45) is 5.92 Å². The zero-order chi connectivity index (χ0) is 10.8. The smallest absolute Gasteiger partial charge is 0.238 e. The topological polar surface area (TPSA) is 29.5 Å². The highest BCUT2D eigenvalue weighted by Crippen LogP contribution is 2.24. The average Bonchev–Trinajstić information content (AvgIpc) is 2.50. The summed E-state index contributed by atoms with van der Waals surface area (Å²) in [5.74, 6) is 0.690. The second-order valence-corrected chi connectivity index (χ2v) is 6.32. The third kappa shape index (κ3) is 2.95. The third-order valence-electron chi connectivity index (χ3n) is 2.48. The molecule has 4 heteroatoms. The van der Waals surface area contributed by atoms with E-state index in [4.69, 9.17) is 4.74 Å². The number of halogens is 1. The van der Waals surface area contributed by atoms with E-state index in [-0.39, 0.29) is 5.91 Å². The highest BCUT2D eigenvalue weighted by molar-refractivity contribution is 9.10. The van der Waals surface area contributed by atoms with E-state index in [1.807, 2.05) is 18.7 Å². The summed E-state index contributed by atoms with van der Waals surface area (Å²) in [7, 11) is 1.71. The van der Waals surface area contributed by atoms with Gasteiger partial charge in [-0.3, -0.25) is 4.79 Å². The van der Waals surface area contributed by atoms with Crippen LogP contribution in [0, 0.1) is 5.92 Å². The number of alkyl halides is 1. The van der Waals surface area contributed by atoms with E-state index < -0.39 is 4.32 Å². The van der Waals surface area contributed by atoms with E-state index in [9.17, 15) is 4.79 Å². The van der Waals surface area contributed by atoms with Crippen LogP contribution in [0.2, 0.25) is 0 Å². The molecule has 0 aromatic heterocycles. The lowest BCUT2D eigenvalue weighted by Gasteiger charge is -2.24. The van der Waals surface area contributed by atoms with Crippen LogP contribution in [0.25, 0.3) is 0 Å². The van der Waals surface area contributed by atoms with E-state index in [0.29, 0.717) is 5.92 Å². The second-order valence-electron chi connectivity index (χ2n) is 4.33. The lowest BCUT2D eigenvalue weighted by Crippen LogP contribution is -2.40. The predicted octanol–water partition coefficient (Wildman–Crippen LogP) is 1.65. The number of rotatable bonds is 3. The first-order valence-electron chi connectivity index (χ1n) is 4.92. The minimum atomic E-state index is -0.436. The van der Waals surface area contributed by atoms with E-state index >= 15 is 0 Å². The SMILES string of the molecule is COCC1CCN(C(=O)C(C)(C)Br)C1. The fourth-order valence-corrected chi connectivity index (χ4v) is 2.02. The van der Waals surface area contributed by atoms with Crippen LogP contribution in [0.4, 0.5) is 0 Å². The van der Waals surface area contributed by atoms with Gasteiger partial charge in [-0.1, -0.05) is 15.9 Å². The lowest BCUT2D eigenvalue weighted by atomic mass is 10.1. The largest absolute Gasteiger partial charge is 0.384 e. The summed E-state index contributed by atoms with van der Waals surface area (Å²) in [6.07, 6.45) is 1.06. The standard InChI is InChI=1S/C10H18BrNO2/c1-10(2,11)9(13)12-5-4-8(6-12)7-14-3/h8H,4-7H2,1-3H3. The molecule has 0 N–H and O–H groups in total. The maximum atomic E-state index is 11.9. The third-order valence-corrected chi connectivity index (χ3v) is 2.82. The number of likely N-dealkylation sites (tertiary alicyclic amines) is 1. The molecule has 0 aromatic carbocycles. The first-order chi connectivity index (χ1) is 6.45. The normalized spacial score (nSPS) is 22.9. The van der Waals surface area contributed by atoms with Crippen molar-refractivity contribution in [2.45, 2.75) is 24.6 Å². The molecule has 1 aliphatic heterocycles. The minimum absolute atomic E-state index is 0.177. The Morgan fingerprint density at radius 2 is 2.29 bits per heavy atom. The van der Waals surface area contributed by atoms with Gasteiger partial charge in [0.15, 0.2) is 0 Å². The van der Waals surface area contributed by atoms with Gasteiger partial charge < -0.3 is 9.64 Å². The van der Waals surface area contributed by atoms with Gasteiger partial charge in [-0.15, -0.1) is 0 Å². The quantitative estimate of drug-likeness (QED) is 0.725. The summed E-state index contributed by atoms with van der Waals surface area (Å²) in [4.78, 5) is 13.8. The van der Waals surface area contributed by atoms with Crippen molar-refractivity contribution in [3.63, 3.8) is 0 Å². The van der Waals surface area contributed by atoms with Gasteiger partial charge in [0.2, 0.25) is 5.91 Å². The van der Waals surface area contributed by atoms with E-state index in [1.54, 1.807) is 7.11 Å². The highest BCUT2D eigenvalue weighted by Gasteiger charge is 2.33. The molecule has 1 fully saturated rings. The van der Waals surface area contributed by atoms with Crippen LogP contribution in [0.1, 0.15) is 20.3 Å². The molecule has 1 atom stereocenters. The number of carbonyl (C=O) groups excluding carboxylic acids is 1. The predicted molar refractivity (Wildman–Crippen MR) is 59.6 cm³/mol. The average molecular weight is 264 g/mol. The number of methoxy groups -OCH3 is 1. The molecular weight excluding hydrogens is 246 g/mol. The van der Waals surface area contributed by atoms with Crippen LogP contribution < -0.4 is 0 Å². The molecule has 0 aromatic rings. The van der Waals surface area contributed by atoms with Crippen LogP contribution in [0.5, 0.6) is 0 Å². The molecule has 0 aliphatic carbocycles. The molecule has 1 saturated heterocycles. The van der Waals surface area contributed by atoms with E-state index in [0.717, 1.165) is 26.1 Å². The van der Waals surface area contributed by atoms with Crippen LogP contribution in [-0.2, 0) is 9.53 Å². The van der Waals surface area contributed by atoms with Crippen LogP contribution in [-0.4, -0.2) is 41.9 Å². The fraction of sp³-hybridized carbons (Fsp3) is 0.900. The van der Waals surface area contributed by atoms with Gasteiger partial charge in [0.05, 0.1) is 10.9 Å². The van der Waals surface area contributed by atoms with Crippen LogP contribution >= 0.6 is 15.9 Å². The summed E-state index contributed by atoms with van der Waals surface area (Å²) in [6.45, 7) is 6.23. The Labute approximate surface area is 93.9 Å². The summed E-state index contributed by atoms with van der Waals surface area (Å²) in [5.41, 5.74) is 0. The summed E-state index contributed by atoms with van der Waals surface area (Å²) in [6, 6.07) is 0. The van der Waals surface area contributed by atoms with Crippen molar-refractivity contribution in [2.75, 3.05) is 26.8 Å². The highest BCUT2D eigenvalue weighted by atomic mass is 79.9. The Morgan fingerprint density at radius 1 is 1.64 bits per heavy atom. The number of hydrogen-bond donors (Lipinski definition) is 0. The number of hydrogen-bond acceptors (Lipinski definition) is 2. The number of carbonyl (C=O) groups is 1. The van der Waals surface area contributed by atoms with Crippen molar-refractivity contribution in [3.05, 3.63) is 0 Å². The zero-order valence-electron chi connectivity index (χ0n) is 9.05. The number of amides is 1. The maximum absolute atomic E-state index is 11.9. The molecule has 1 amide bonds. The van der Waals surface area contributed by atoms with Gasteiger partial charge >= 0.3 is 0 Å². The molecule has 1 rings (SSSR count). The summed E-state index contributed by atoms with van der Waals surface area (Å²) < 4.78 is 4.65. The van der Waals surface area contributed by atoms with Gasteiger partial charge in [-0.05, 0) is 20.3 Å². The van der Waals surface area contributed by atoms with Gasteiger partial charge in [0.1, 0.15) is 0 Å². The first kappa shape index (κ1) is 12.0. The Hall–Kier alpha value is -0.0900. The molecule has 82 valence electrons. The van der Waals surface area contributed by atoms with Crippen molar-refractivity contribution >= 4 is 21.8 Å². The van der Waals surface area contributed by atoms with E-state index in [1.165, 1.54) is 0 Å². The van der Waals surface area contributed by atoms with E-state index in [2.05, 4.69) is 15.9 Å². The second kappa shape index (κ2) is 4.62. The molecule has 0 radical (unpaired) electrons. The lowest BCUT2D eigenvalue weighted by molar-refractivity contribution is -0.131. The fourth-order valence-electron chi connectivity index (χ4n) is 1.76.